The number of carbonyl (C=O) groups excluding carboxylic acids is 2. The minimum Gasteiger partial charge on any atom is -0.490 e. The smallest absolute Gasteiger partial charge is 0.281 e. The van der Waals surface area contributed by atoms with Gasteiger partial charge in [0.25, 0.3) is 11.8 Å². The Labute approximate surface area is 171 Å². The number of ether oxygens (including phenoxy) is 2. The number of carbonyl (C=O) groups is 2. The third-order valence-electron chi connectivity index (χ3n) is 3.85. The fourth-order valence-electron chi connectivity index (χ4n) is 2.53. The van der Waals surface area contributed by atoms with Crippen LogP contribution in [0.2, 0.25) is 5.02 Å². The number of benzene rings is 2. The summed E-state index contributed by atoms with van der Waals surface area (Å²) in [5.41, 5.74) is 5.13. The molecule has 0 unspecified atom stereocenters. The maximum Gasteiger partial charge on any atom is 0.281 e. The van der Waals surface area contributed by atoms with E-state index in [1.165, 1.54) is 11.3 Å². The molecular weight excluding hydrogens is 400 g/mol. The van der Waals surface area contributed by atoms with Crippen LogP contribution in [0.3, 0.4) is 0 Å². The first kappa shape index (κ1) is 20.1. The van der Waals surface area contributed by atoms with E-state index in [0.717, 1.165) is 10.1 Å². The van der Waals surface area contributed by atoms with Crippen LogP contribution in [0.25, 0.3) is 10.1 Å². The van der Waals surface area contributed by atoms with Gasteiger partial charge in [-0.15, -0.1) is 11.3 Å². The topological polar surface area (TPSA) is 76.7 Å². The van der Waals surface area contributed by atoms with Gasteiger partial charge in [-0.05, 0) is 25.1 Å². The van der Waals surface area contributed by atoms with Gasteiger partial charge < -0.3 is 9.47 Å². The third-order valence-corrected chi connectivity index (χ3v) is 5.53. The molecule has 0 radical (unpaired) electrons. The van der Waals surface area contributed by atoms with Gasteiger partial charge in [0, 0.05) is 16.7 Å². The molecule has 2 N–H and O–H groups in total. The summed E-state index contributed by atoms with van der Waals surface area (Å²) >= 11 is 7.56. The molecule has 6 nitrogen and oxygen atoms in total. The Morgan fingerprint density at radius 2 is 1.71 bits per heavy atom. The fraction of sp³-hybridized carbons (Fsp3) is 0.200. The maximum atomic E-state index is 12.5. The number of thiophene rings is 1. The van der Waals surface area contributed by atoms with Crippen LogP contribution < -0.4 is 15.6 Å². The molecule has 3 aromatic rings. The molecule has 2 amide bonds. The average Bonchev–Trinajstić information content (AvgIpc) is 3.06. The number of nitrogens with one attached hydrogen (secondary N) is 2. The van der Waals surface area contributed by atoms with Crippen LogP contribution in [0.15, 0.2) is 48.5 Å². The summed E-state index contributed by atoms with van der Waals surface area (Å²) in [6, 6.07) is 14.2. The molecule has 0 aliphatic rings. The zero-order valence-electron chi connectivity index (χ0n) is 15.2. The van der Waals surface area contributed by atoms with Crippen LogP contribution in [0.1, 0.15) is 27.0 Å². The van der Waals surface area contributed by atoms with Gasteiger partial charge in [0.15, 0.2) is 0 Å². The van der Waals surface area contributed by atoms with Crippen molar-refractivity contribution in [2.45, 2.75) is 6.92 Å². The van der Waals surface area contributed by atoms with Crippen molar-refractivity contribution in [3.05, 3.63) is 64.0 Å². The second-order valence-corrected chi connectivity index (χ2v) is 7.12. The first-order valence-electron chi connectivity index (χ1n) is 8.69. The summed E-state index contributed by atoms with van der Waals surface area (Å²) in [4.78, 5) is 25.3. The van der Waals surface area contributed by atoms with E-state index < -0.39 is 11.8 Å². The number of para-hydroxylation sites is 1. The molecule has 0 fully saturated rings. The van der Waals surface area contributed by atoms with E-state index in [9.17, 15) is 9.59 Å². The Bertz CT molecular complexity index is 989. The highest BCUT2D eigenvalue weighted by atomic mass is 35.5. The molecule has 0 atom stereocenters. The summed E-state index contributed by atoms with van der Waals surface area (Å²) in [7, 11) is 0. The van der Waals surface area contributed by atoms with Crippen molar-refractivity contribution in [2.24, 2.45) is 0 Å². The van der Waals surface area contributed by atoms with Gasteiger partial charge in [-0.1, -0.05) is 41.9 Å². The molecule has 1 heterocycles. The van der Waals surface area contributed by atoms with Gasteiger partial charge in [-0.25, -0.2) is 0 Å². The van der Waals surface area contributed by atoms with Gasteiger partial charge in [0.1, 0.15) is 17.2 Å². The summed E-state index contributed by atoms with van der Waals surface area (Å²) in [6.07, 6.45) is 0. The Morgan fingerprint density at radius 1 is 1.00 bits per heavy atom. The largest absolute Gasteiger partial charge is 0.490 e. The van der Waals surface area contributed by atoms with Crippen molar-refractivity contribution in [2.75, 3.05) is 19.8 Å². The first-order chi connectivity index (χ1) is 13.6. The number of hydrogen-bond donors (Lipinski definition) is 2. The highest BCUT2D eigenvalue weighted by Gasteiger charge is 2.18. The lowest BCUT2D eigenvalue weighted by Crippen LogP contribution is -2.41. The monoisotopic (exact) mass is 418 g/mol. The number of amides is 2. The SMILES string of the molecule is CCOCCOc1ccccc1C(=O)NNC(=O)c1sc2ccccc2c1Cl. The predicted octanol–water partition coefficient (Wildman–Crippen LogP) is 4.04. The van der Waals surface area contributed by atoms with Crippen LogP contribution in [0.5, 0.6) is 5.75 Å². The minimum absolute atomic E-state index is 0.307. The number of fused-ring (bicyclic) bond motifs is 1. The van der Waals surface area contributed by atoms with Crippen molar-refractivity contribution in [3.8, 4) is 5.75 Å². The van der Waals surface area contributed by atoms with E-state index in [0.29, 0.717) is 41.0 Å². The zero-order chi connectivity index (χ0) is 19.9. The molecule has 28 heavy (non-hydrogen) atoms. The second kappa shape index (κ2) is 9.54. The van der Waals surface area contributed by atoms with Crippen molar-refractivity contribution in [1.29, 1.82) is 0 Å². The van der Waals surface area contributed by atoms with E-state index in [2.05, 4.69) is 10.9 Å². The molecule has 0 aliphatic carbocycles. The summed E-state index contributed by atoms with van der Waals surface area (Å²) < 4.78 is 11.7. The van der Waals surface area contributed by atoms with Crippen LogP contribution in [0, 0.1) is 0 Å². The molecule has 2 aromatic carbocycles. The van der Waals surface area contributed by atoms with Crippen LogP contribution >= 0.6 is 22.9 Å². The van der Waals surface area contributed by atoms with Gasteiger partial charge >= 0.3 is 0 Å². The van der Waals surface area contributed by atoms with E-state index in [1.54, 1.807) is 24.3 Å². The van der Waals surface area contributed by atoms with E-state index in [1.807, 2.05) is 31.2 Å². The number of halogens is 1. The Morgan fingerprint density at radius 3 is 2.50 bits per heavy atom. The normalized spacial score (nSPS) is 10.6. The molecule has 0 spiro atoms. The summed E-state index contributed by atoms with van der Waals surface area (Å²) in [6.45, 7) is 3.24. The Balaban J connectivity index is 1.65. The molecule has 1 aromatic heterocycles. The second-order valence-electron chi connectivity index (χ2n) is 5.69. The van der Waals surface area contributed by atoms with Gasteiger partial charge in [0.05, 0.1) is 17.2 Å². The van der Waals surface area contributed by atoms with Crippen molar-refractivity contribution in [3.63, 3.8) is 0 Å². The Kier molecular flexibility index (Phi) is 6.86. The van der Waals surface area contributed by atoms with Crippen molar-refractivity contribution >= 4 is 44.8 Å². The van der Waals surface area contributed by atoms with E-state index in [4.69, 9.17) is 21.1 Å². The zero-order valence-corrected chi connectivity index (χ0v) is 16.7. The van der Waals surface area contributed by atoms with Gasteiger partial charge in [-0.3, -0.25) is 20.4 Å². The molecule has 146 valence electrons. The maximum absolute atomic E-state index is 12.5. The molecular formula is C20H19ClN2O4S. The minimum atomic E-state index is -0.488. The number of hydrazine groups is 1. The molecule has 0 aliphatic heterocycles. The first-order valence-corrected chi connectivity index (χ1v) is 9.88. The van der Waals surface area contributed by atoms with E-state index >= 15 is 0 Å². The summed E-state index contributed by atoms with van der Waals surface area (Å²) in [5.74, 6) is -0.555. The highest BCUT2D eigenvalue weighted by molar-refractivity contribution is 7.21. The highest BCUT2D eigenvalue weighted by Crippen LogP contribution is 2.34. The molecule has 8 heteroatoms. The predicted molar refractivity (Wildman–Crippen MR) is 110 cm³/mol. The van der Waals surface area contributed by atoms with Crippen LogP contribution in [-0.2, 0) is 4.74 Å². The average molecular weight is 419 g/mol. The van der Waals surface area contributed by atoms with Crippen molar-refractivity contribution < 1.29 is 19.1 Å². The van der Waals surface area contributed by atoms with Gasteiger partial charge in [0.2, 0.25) is 0 Å². The van der Waals surface area contributed by atoms with Crippen LogP contribution in [-0.4, -0.2) is 31.6 Å². The van der Waals surface area contributed by atoms with E-state index in [-0.39, 0.29) is 0 Å². The van der Waals surface area contributed by atoms with Crippen LogP contribution in [0.4, 0.5) is 0 Å². The summed E-state index contributed by atoms with van der Waals surface area (Å²) in [5, 5.41) is 1.17. The fourth-order valence-corrected chi connectivity index (χ4v) is 3.94. The molecule has 0 saturated carbocycles. The standard InChI is InChI=1S/C20H19ClN2O4S/c1-2-26-11-12-27-15-9-5-3-7-13(15)19(24)22-23-20(25)18-17(21)14-8-4-6-10-16(14)28-18/h3-10H,2,11-12H2,1H3,(H,22,24)(H,23,25). The number of hydrogen-bond acceptors (Lipinski definition) is 5. The third kappa shape index (κ3) is 4.62. The Hall–Kier alpha value is -2.61. The molecule has 3 rings (SSSR count). The molecule has 0 bridgehead atoms. The van der Waals surface area contributed by atoms with Crippen molar-refractivity contribution in [1.82, 2.24) is 10.9 Å². The molecule has 0 saturated heterocycles. The quantitative estimate of drug-likeness (QED) is 0.448. The lowest BCUT2D eigenvalue weighted by Gasteiger charge is -2.12. The number of rotatable bonds is 7. The lowest BCUT2D eigenvalue weighted by atomic mass is 10.2. The lowest BCUT2D eigenvalue weighted by molar-refractivity contribution is 0.0842. The van der Waals surface area contributed by atoms with Gasteiger partial charge in [-0.2, -0.15) is 0 Å².